The third-order valence-corrected chi connectivity index (χ3v) is 4.47. The fourth-order valence-corrected chi connectivity index (χ4v) is 3.06. The molecule has 1 aromatic heterocycles. The van der Waals surface area contributed by atoms with Gasteiger partial charge in [0, 0.05) is 44.2 Å². The normalized spacial score (nSPS) is 17.0. The van der Waals surface area contributed by atoms with Crippen molar-refractivity contribution in [3.63, 3.8) is 0 Å². The Morgan fingerprint density at radius 1 is 1.29 bits per heavy atom. The van der Waals surface area contributed by atoms with Crippen LogP contribution in [-0.4, -0.2) is 46.2 Å². The number of piperazine rings is 1. The minimum atomic E-state index is -0.391. The van der Waals surface area contributed by atoms with Gasteiger partial charge in [-0.15, -0.1) is 10.2 Å². The van der Waals surface area contributed by atoms with Crippen LogP contribution in [0.3, 0.4) is 0 Å². The van der Waals surface area contributed by atoms with Crippen LogP contribution in [0.2, 0.25) is 5.02 Å². The SMILES string of the molecule is Cc1nnc(C(C)N2CCN(c3ccc(Cl)cc3[N+](=O)[O-])CC2)o1. The highest BCUT2D eigenvalue weighted by atomic mass is 35.5. The van der Waals surface area contributed by atoms with Gasteiger partial charge in [0.1, 0.15) is 5.69 Å². The number of nitro benzene ring substituents is 1. The number of hydrogen-bond donors (Lipinski definition) is 0. The van der Waals surface area contributed by atoms with Gasteiger partial charge in [-0.05, 0) is 19.1 Å². The Balaban J connectivity index is 1.70. The van der Waals surface area contributed by atoms with Crippen molar-refractivity contribution in [1.29, 1.82) is 0 Å². The third kappa shape index (κ3) is 3.34. The molecule has 1 atom stereocenters. The molecule has 0 amide bonds. The monoisotopic (exact) mass is 351 g/mol. The first-order chi connectivity index (χ1) is 11.5. The molecule has 24 heavy (non-hydrogen) atoms. The second kappa shape index (κ2) is 6.74. The molecule has 1 fully saturated rings. The molecule has 9 heteroatoms. The first kappa shape index (κ1) is 16.7. The number of anilines is 1. The van der Waals surface area contributed by atoms with E-state index in [-0.39, 0.29) is 11.7 Å². The fourth-order valence-electron chi connectivity index (χ4n) is 2.90. The van der Waals surface area contributed by atoms with Crippen molar-refractivity contribution in [1.82, 2.24) is 15.1 Å². The number of nitro groups is 1. The zero-order chi connectivity index (χ0) is 17.3. The van der Waals surface area contributed by atoms with Crippen LogP contribution in [0.1, 0.15) is 24.7 Å². The lowest BCUT2D eigenvalue weighted by molar-refractivity contribution is -0.384. The Kier molecular flexibility index (Phi) is 4.68. The Morgan fingerprint density at radius 2 is 2.00 bits per heavy atom. The lowest BCUT2D eigenvalue weighted by Gasteiger charge is -2.37. The lowest BCUT2D eigenvalue weighted by Crippen LogP contribution is -2.47. The van der Waals surface area contributed by atoms with E-state index in [0.29, 0.717) is 35.6 Å². The number of aryl methyl sites for hydroxylation is 1. The van der Waals surface area contributed by atoms with Gasteiger partial charge >= 0.3 is 0 Å². The van der Waals surface area contributed by atoms with Gasteiger partial charge in [-0.1, -0.05) is 11.6 Å². The number of aromatic nitrogens is 2. The van der Waals surface area contributed by atoms with Crippen LogP contribution in [0.25, 0.3) is 0 Å². The summed E-state index contributed by atoms with van der Waals surface area (Å²) >= 11 is 5.88. The highest BCUT2D eigenvalue weighted by Crippen LogP contribution is 2.32. The quantitative estimate of drug-likeness (QED) is 0.618. The maximum absolute atomic E-state index is 11.3. The Morgan fingerprint density at radius 3 is 2.58 bits per heavy atom. The van der Waals surface area contributed by atoms with Crippen molar-refractivity contribution in [3.8, 4) is 0 Å². The van der Waals surface area contributed by atoms with Crippen LogP contribution >= 0.6 is 11.6 Å². The second-order valence-corrected chi connectivity index (χ2v) is 6.18. The molecular weight excluding hydrogens is 334 g/mol. The number of benzene rings is 1. The molecule has 0 N–H and O–H groups in total. The van der Waals surface area contributed by atoms with Gasteiger partial charge in [0.25, 0.3) is 5.69 Å². The van der Waals surface area contributed by atoms with Gasteiger partial charge in [-0.3, -0.25) is 15.0 Å². The molecule has 1 aliphatic heterocycles. The molecule has 2 heterocycles. The number of hydrogen-bond acceptors (Lipinski definition) is 7. The van der Waals surface area contributed by atoms with Crippen LogP contribution in [0.5, 0.6) is 0 Å². The summed E-state index contributed by atoms with van der Waals surface area (Å²) in [6.45, 7) is 6.65. The molecule has 1 saturated heterocycles. The van der Waals surface area contributed by atoms with E-state index >= 15 is 0 Å². The smallest absolute Gasteiger partial charge is 0.294 e. The maximum Gasteiger partial charge on any atom is 0.294 e. The predicted octanol–water partition coefficient (Wildman–Crippen LogP) is 2.82. The van der Waals surface area contributed by atoms with E-state index in [9.17, 15) is 10.1 Å². The maximum atomic E-state index is 11.3. The van der Waals surface area contributed by atoms with Crippen LogP contribution in [-0.2, 0) is 0 Å². The summed E-state index contributed by atoms with van der Waals surface area (Å²) < 4.78 is 5.49. The second-order valence-electron chi connectivity index (χ2n) is 5.75. The predicted molar refractivity (Wildman–Crippen MR) is 89.3 cm³/mol. The molecule has 2 aromatic rings. The molecular formula is C15H18ClN5O3. The van der Waals surface area contributed by atoms with E-state index in [1.165, 1.54) is 6.07 Å². The minimum Gasteiger partial charge on any atom is -0.424 e. The van der Waals surface area contributed by atoms with E-state index in [4.69, 9.17) is 16.0 Å². The molecule has 0 aliphatic carbocycles. The van der Waals surface area contributed by atoms with Gasteiger partial charge in [0.15, 0.2) is 0 Å². The molecule has 0 radical (unpaired) electrons. The minimum absolute atomic E-state index is 0.0218. The summed E-state index contributed by atoms with van der Waals surface area (Å²) in [6.07, 6.45) is 0. The summed E-state index contributed by atoms with van der Waals surface area (Å²) in [6, 6.07) is 4.81. The Hall–Kier alpha value is -2.19. The van der Waals surface area contributed by atoms with E-state index < -0.39 is 4.92 Å². The Bertz CT molecular complexity index is 742. The first-order valence-corrected chi connectivity index (χ1v) is 8.06. The molecule has 1 aromatic carbocycles. The molecule has 0 spiro atoms. The van der Waals surface area contributed by atoms with Crippen LogP contribution < -0.4 is 4.90 Å². The third-order valence-electron chi connectivity index (χ3n) is 4.24. The molecule has 8 nitrogen and oxygen atoms in total. The average Bonchev–Trinajstić information content (AvgIpc) is 3.01. The highest BCUT2D eigenvalue weighted by Gasteiger charge is 2.28. The van der Waals surface area contributed by atoms with Gasteiger partial charge in [-0.25, -0.2) is 0 Å². The molecule has 3 rings (SSSR count). The van der Waals surface area contributed by atoms with Gasteiger partial charge in [0.05, 0.1) is 11.0 Å². The number of halogens is 1. The molecule has 1 unspecified atom stereocenters. The van der Waals surface area contributed by atoms with Crippen molar-refractivity contribution in [2.75, 3.05) is 31.1 Å². The van der Waals surface area contributed by atoms with Gasteiger partial charge in [-0.2, -0.15) is 0 Å². The van der Waals surface area contributed by atoms with Crippen molar-refractivity contribution in [3.05, 3.63) is 45.1 Å². The zero-order valence-corrected chi connectivity index (χ0v) is 14.2. The topological polar surface area (TPSA) is 88.5 Å². The van der Waals surface area contributed by atoms with Crippen molar-refractivity contribution in [2.24, 2.45) is 0 Å². The van der Waals surface area contributed by atoms with Gasteiger partial charge in [0.2, 0.25) is 11.8 Å². The van der Waals surface area contributed by atoms with E-state index in [1.54, 1.807) is 19.1 Å². The van der Waals surface area contributed by atoms with Crippen molar-refractivity contribution >= 4 is 23.0 Å². The van der Waals surface area contributed by atoms with Crippen LogP contribution in [0, 0.1) is 17.0 Å². The zero-order valence-electron chi connectivity index (χ0n) is 13.5. The van der Waals surface area contributed by atoms with Crippen LogP contribution in [0.4, 0.5) is 11.4 Å². The molecule has 128 valence electrons. The van der Waals surface area contributed by atoms with E-state index in [1.807, 2.05) is 11.8 Å². The first-order valence-electron chi connectivity index (χ1n) is 7.68. The Labute approximate surface area is 144 Å². The molecule has 0 saturated carbocycles. The summed E-state index contributed by atoms with van der Waals surface area (Å²) in [4.78, 5) is 15.1. The van der Waals surface area contributed by atoms with E-state index in [0.717, 1.165) is 13.1 Å². The summed E-state index contributed by atoms with van der Waals surface area (Å²) in [5.41, 5.74) is 0.641. The fraction of sp³-hybridized carbons (Fsp3) is 0.467. The summed E-state index contributed by atoms with van der Waals surface area (Å²) in [5.74, 6) is 1.14. The van der Waals surface area contributed by atoms with Gasteiger partial charge < -0.3 is 9.32 Å². The van der Waals surface area contributed by atoms with Crippen molar-refractivity contribution < 1.29 is 9.34 Å². The number of nitrogens with zero attached hydrogens (tertiary/aromatic N) is 5. The van der Waals surface area contributed by atoms with E-state index in [2.05, 4.69) is 15.1 Å². The summed E-state index contributed by atoms with van der Waals surface area (Å²) in [5, 5.41) is 19.6. The highest BCUT2D eigenvalue weighted by molar-refractivity contribution is 6.30. The van der Waals surface area contributed by atoms with Crippen molar-refractivity contribution in [2.45, 2.75) is 19.9 Å². The lowest BCUT2D eigenvalue weighted by atomic mass is 10.2. The average molecular weight is 352 g/mol. The molecule has 1 aliphatic rings. The van der Waals surface area contributed by atoms with Crippen LogP contribution in [0.15, 0.2) is 22.6 Å². The largest absolute Gasteiger partial charge is 0.424 e. The summed E-state index contributed by atoms with van der Waals surface area (Å²) in [7, 11) is 0. The standard InChI is InChI=1S/C15H18ClN5O3/c1-10(15-18-17-11(2)24-15)19-5-7-20(8-6-19)13-4-3-12(16)9-14(13)21(22)23/h3-4,9-10H,5-8H2,1-2H3. The number of rotatable bonds is 4. The molecule has 0 bridgehead atoms.